The van der Waals surface area contributed by atoms with Gasteiger partial charge in [-0.15, -0.1) is 0 Å². The minimum atomic E-state index is 0.139. The van der Waals surface area contributed by atoms with E-state index in [2.05, 4.69) is 27.7 Å². The smallest absolute Gasteiger partial charge is 0.139 e. The van der Waals surface area contributed by atoms with Crippen molar-refractivity contribution < 1.29 is 4.79 Å². The van der Waals surface area contributed by atoms with E-state index in [4.69, 9.17) is 0 Å². The maximum absolute atomic E-state index is 12.0. The third-order valence-corrected chi connectivity index (χ3v) is 3.48. The van der Waals surface area contributed by atoms with E-state index >= 15 is 0 Å². The van der Waals surface area contributed by atoms with Crippen molar-refractivity contribution in [3.63, 3.8) is 0 Å². The first-order valence-corrected chi connectivity index (χ1v) is 5.46. The molecule has 0 radical (unpaired) electrons. The number of rotatable bonds is 2. The monoisotopic (exact) mass is 182 g/mol. The van der Waals surface area contributed by atoms with E-state index in [9.17, 15) is 4.79 Å². The Morgan fingerprint density at radius 2 is 1.69 bits per heavy atom. The van der Waals surface area contributed by atoms with Gasteiger partial charge in [0.2, 0.25) is 0 Å². The number of carbonyl (C=O) groups excluding carboxylic acids is 1. The van der Waals surface area contributed by atoms with Crippen LogP contribution in [-0.4, -0.2) is 5.78 Å². The molecule has 76 valence electrons. The molecule has 0 amide bonds. The van der Waals surface area contributed by atoms with Crippen LogP contribution in [-0.2, 0) is 4.79 Å². The molecule has 0 saturated heterocycles. The van der Waals surface area contributed by atoms with Gasteiger partial charge in [0.05, 0.1) is 0 Å². The Kier molecular flexibility index (Phi) is 3.15. The molecule has 0 bridgehead atoms. The molecule has 0 aromatic rings. The largest absolute Gasteiger partial charge is 0.299 e. The van der Waals surface area contributed by atoms with Gasteiger partial charge < -0.3 is 0 Å². The lowest BCUT2D eigenvalue weighted by Crippen LogP contribution is -2.30. The number of Topliss-reactive ketones (excluding diaryl/α,β-unsaturated/α-hetero) is 1. The summed E-state index contributed by atoms with van der Waals surface area (Å²) in [5.41, 5.74) is 0.139. The molecule has 0 spiro atoms. The molecule has 1 unspecified atom stereocenters. The Hall–Kier alpha value is -0.330. The second-order valence-electron chi connectivity index (χ2n) is 5.47. The molecule has 0 aliphatic heterocycles. The van der Waals surface area contributed by atoms with E-state index in [0.29, 0.717) is 11.7 Å². The molecular weight excluding hydrogens is 160 g/mol. The van der Waals surface area contributed by atoms with Crippen molar-refractivity contribution in [1.29, 1.82) is 0 Å². The zero-order valence-corrected chi connectivity index (χ0v) is 9.39. The average molecular weight is 182 g/mol. The molecule has 1 nitrogen and oxygen atoms in total. The SMILES string of the molecule is CC(C(=O)C1CCCC1)C(C)(C)C. The van der Waals surface area contributed by atoms with Crippen LogP contribution in [0.15, 0.2) is 0 Å². The zero-order chi connectivity index (χ0) is 10.1. The molecule has 13 heavy (non-hydrogen) atoms. The van der Waals surface area contributed by atoms with E-state index in [1.165, 1.54) is 12.8 Å². The molecular formula is C12H22O. The van der Waals surface area contributed by atoms with Crippen LogP contribution in [0.4, 0.5) is 0 Å². The summed E-state index contributed by atoms with van der Waals surface area (Å²) >= 11 is 0. The van der Waals surface area contributed by atoms with Crippen LogP contribution in [0.1, 0.15) is 53.4 Å². The maximum Gasteiger partial charge on any atom is 0.139 e. The Balaban J connectivity index is 2.56. The molecule has 1 atom stereocenters. The number of carbonyl (C=O) groups is 1. The molecule has 1 aliphatic carbocycles. The van der Waals surface area contributed by atoms with Crippen molar-refractivity contribution in [3.8, 4) is 0 Å². The first kappa shape index (κ1) is 10.7. The lowest BCUT2D eigenvalue weighted by molar-refractivity contribution is -0.129. The maximum atomic E-state index is 12.0. The van der Waals surface area contributed by atoms with E-state index in [1.54, 1.807) is 0 Å². The lowest BCUT2D eigenvalue weighted by Gasteiger charge is -2.28. The molecule has 0 aromatic carbocycles. The quantitative estimate of drug-likeness (QED) is 0.639. The first-order valence-electron chi connectivity index (χ1n) is 5.46. The van der Waals surface area contributed by atoms with Crippen LogP contribution in [0.5, 0.6) is 0 Å². The van der Waals surface area contributed by atoms with Gasteiger partial charge >= 0.3 is 0 Å². The van der Waals surface area contributed by atoms with Crippen molar-refractivity contribution in [2.45, 2.75) is 53.4 Å². The van der Waals surface area contributed by atoms with Crippen LogP contribution < -0.4 is 0 Å². The van der Waals surface area contributed by atoms with Gasteiger partial charge in [-0.3, -0.25) is 4.79 Å². The fourth-order valence-electron chi connectivity index (χ4n) is 1.99. The summed E-state index contributed by atoms with van der Waals surface area (Å²) in [7, 11) is 0. The Morgan fingerprint density at radius 3 is 2.08 bits per heavy atom. The van der Waals surface area contributed by atoms with Crippen LogP contribution in [0.3, 0.4) is 0 Å². The van der Waals surface area contributed by atoms with Gasteiger partial charge in [-0.2, -0.15) is 0 Å². The summed E-state index contributed by atoms with van der Waals surface area (Å²) in [5.74, 6) is 1.11. The molecule has 1 aliphatic rings. The summed E-state index contributed by atoms with van der Waals surface area (Å²) in [6.07, 6.45) is 4.79. The third-order valence-electron chi connectivity index (χ3n) is 3.48. The minimum absolute atomic E-state index is 0.139. The normalized spacial score (nSPS) is 21.8. The average Bonchev–Trinajstić information content (AvgIpc) is 2.51. The standard InChI is InChI=1S/C12H22O/c1-9(12(2,3)4)11(13)10-7-5-6-8-10/h9-10H,5-8H2,1-4H3. The van der Waals surface area contributed by atoms with Crippen molar-refractivity contribution in [2.75, 3.05) is 0 Å². The molecule has 1 saturated carbocycles. The van der Waals surface area contributed by atoms with Gasteiger partial charge in [0.1, 0.15) is 5.78 Å². The van der Waals surface area contributed by atoms with Crippen LogP contribution in [0.2, 0.25) is 0 Å². The number of hydrogen-bond donors (Lipinski definition) is 0. The predicted octanol–water partition coefficient (Wildman–Crippen LogP) is 3.43. The van der Waals surface area contributed by atoms with Gasteiger partial charge in [0, 0.05) is 11.8 Å². The van der Waals surface area contributed by atoms with Crippen molar-refractivity contribution in [3.05, 3.63) is 0 Å². The van der Waals surface area contributed by atoms with Crippen molar-refractivity contribution >= 4 is 5.78 Å². The topological polar surface area (TPSA) is 17.1 Å². The van der Waals surface area contributed by atoms with Gasteiger partial charge in [-0.05, 0) is 18.3 Å². The number of hydrogen-bond acceptors (Lipinski definition) is 1. The zero-order valence-electron chi connectivity index (χ0n) is 9.39. The van der Waals surface area contributed by atoms with E-state index in [-0.39, 0.29) is 11.3 Å². The highest BCUT2D eigenvalue weighted by Crippen LogP contribution is 2.34. The van der Waals surface area contributed by atoms with Crippen LogP contribution in [0.25, 0.3) is 0 Å². The number of ketones is 1. The lowest BCUT2D eigenvalue weighted by atomic mass is 9.76. The van der Waals surface area contributed by atoms with E-state index in [1.807, 2.05) is 0 Å². The van der Waals surface area contributed by atoms with Gasteiger partial charge in [0.25, 0.3) is 0 Å². The van der Waals surface area contributed by atoms with Crippen LogP contribution >= 0.6 is 0 Å². The van der Waals surface area contributed by atoms with Crippen LogP contribution in [0, 0.1) is 17.3 Å². The molecule has 0 aromatic heterocycles. The van der Waals surface area contributed by atoms with Crippen molar-refractivity contribution in [2.24, 2.45) is 17.3 Å². The van der Waals surface area contributed by atoms with Crippen molar-refractivity contribution in [1.82, 2.24) is 0 Å². The summed E-state index contributed by atoms with van der Waals surface area (Å²) in [4.78, 5) is 12.0. The summed E-state index contributed by atoms with van der Waals surface area (Å²) in [5, 5.41) is 0. The summed E-state index contributed by atoms with van der Waals surface area (Å²) in [6, 6.07) is 0. The second-order valence-corrected chi connectivity index (χ2v) is 5.47. The predicted molar refractivity (Wildman–Crippen MR) is 55.6 cm³/mol. The second kappa shape index (κ2) is 3.81. The molecule has 1 rings (SSSR count). The first-order chi connectivity index (χ1) is 5.93. The third kappa shape index (κ3) is 2.55. The summed E-state index contributed by atoms with van der Waals surface area (Å²) in [6.45, 7) is 8.56. The van der Waals surface area contributed by atoms with Gasteiger partial charge in [0.15, 0.2) is 0 Å². The highest BCUT2D eigenvalue weighted by Gasteiger charge is 2.32. The van der Waals surface area contributed by atoms with Gasteiger partial charge in [-0.1, -0.05) is 40.5 Å². The Morgan fingerprint density at radius 1 is 1.23 bits per heavy atom. The molecule has 0 heterocycles. The molecule has 1 heteroatoms. The molecule has 1 fully saturated rings. The minimum Gasteiger partial charge on any atom is -0.299 e. The summed E-state index contributed by atoms with van der Waals surface area (Å²) < 4.78 is 0. The fourth-order valence-corrected chi connectivity index (χ4v) is 1.99. The molecule has 0 N–H and O–H groups in total. The van der Waals surface area contributed by atoms with Gasteiger partial charge in [-0.25, -0.2) is 0 Å². The van der Waals surface area contributed by atoms with E-state index < -0.39 is 0 Å². The highest BCUT2D eigenvalue weighted by atomic mass is 16.1. The Labute approximate surface area is 81.9 Å². The fraction of sp³-hybridized carbons (Fsp3) is 0.917. The van der Waals surface area contributed by atoms with E-state index in [0.717, 1.165) is 12.8 Å². The Bertz CT molecular complexity index is 182. The highest BCUT2D eigenvalue weighted by molar-refractivity contribution is 5.83.